The van der Waals surface area contributed by atoms with Crippen molar-refractivity contribution in [3.8, 4) is 0 Å². The minimum Gasteiger partial charge on any atom is -1.00 e. The van der Waals surface area contributed by atoms with Crippen LogP contribution in [0.2, 0.25) is 0 Å². The second-order valence-electron chi connectivity index (χ2n) is 6.14. The standard InChI is InChI=1S/C19H20N2S.HI/c1-20-12-11-14(15-7-3-4-8-16(15)20)13-19-21(2)17-9-5-6-10-18(17)22-19;/h3-12,14,19H,13H2,1-2H3;1H/t14?,19-;/m1./s1. The Labute approximate surface area is 159 Å². The Bertz CT molecular complexity index is 731. The lowest BCUT2D eigenvalue weighted by Gasteiger charge is -2.29. The normalized spacial score (nSPS) is 24.8. The molecule has 23 heavy (non-hydrogen) atoms. The summed E-state index contributed by atoms with van der Waals surface area (Å²) in [6.07, 6.45) is 5.75. The zero-order valence-electron chi connectivity index (χ0n) is 13.4. The van der Waals surface area contributed by atoms with Crippen LogP contribution in [-0.2, 0) is 0 Å². The Morgan fingerprint density at radius 2 is 1.83 bits per heavy atom. The molecule has 2 aliphatic rings. The van der Waals surface area contributed by atoms with E-state index < -0.39 is 0 Å². The molecule has 1 N–H and O–H groups in total. The molecule has 3 atom stereocenters. The number of anilines is 1. The van der Waals surface area contributed by atoms with Gasteiger partial charge in [-0.25, -0.2) is 0 Å². The third-order valence-corrected chi connectivity index (χ3v) is 6.23. The van der Waals surface area contributed by atoms with E-state index in [0.29, 0.717) is 11.3 Å². The minimum atomic E-state index is 0. The van der Waals surface area contributed by atoms with Crippen molar-refractivity contribution in [2.75, 3.05) is 19.0 Å². The molecule has 0 bridgehead atoms. The maximum Gasteiger partial charge on any atom is 0.145 e. The number of quaternary nitrogens is 1. The summed E-state index contributed by atoms with van der Waals surface area (Å²) in [7, 11) is 4.43. The van der Waals surface area contributed by atoms with E-state index in [-0.39, 0.29) is 24.0 Å². The van der Waals surface area contributed by atoms with Crippen molar-refractivity contribution in [1.29, 1.82) is 0 Å². The van der Waals surface area contributed by atoms with Gasteiger partial charge >= 0.3 is 0 Å². The lowest BCUT2D eigenvalue weighted by atomic mass is 9.91. The Morgan fingerprint density at radius 1 is 1.09 bits per heavy atom. The van der Waals surface area contributed by atoms with Crippen LogP contribution in [0, 0.1) is 0 Å². The molecule has 0 aromatic heterocycles. The highest BCUT2D eigenvalue weighted by atomic mass is 127. The number of thioether (sulfide) groups is 1. The summed E-state index contributed by atoms with van der Waals surface area (Å²) in [6, 6.07) is 17.6. The highest BCUT2D eigenvalue weighted by molar-refractivity contribution is 8.00. The Morgan fingerprint density at radius 3 is 2.65 bits per heavy atom. The van der Waals surface area contributed by atoms with E-state index >= 15 is 0 Å². The number of nitrogens with one attached hydrogen (secondary N) is 1. The SMILES string of the molecule is CN1C=CC(C[C@H]2Sc3ccccc3[NH+]2C)c2ccccc21.[I-]. The van der Waals surface area contributed by atoms with Crippen LogP contribution in [0.3, 0.4) is 0 Å². The van der Waals surface area contributed by atoms with Crippen LogP contribution in [0.5, 0.6) is 0 Å². The van der Waals surface area contributed by atoms with Gasteiger partial charge in [0.1, 0.15) is 11.1 Å². The summed E-state index contributed by atoms with van der Waals surface area (Å²) in [5, 5.41) is 0.587. The summed E-state index contributed by atoms with van der Waals surface area (Å²) in [5.41, 5.74) is 4.24. The lowest BCUT2D eigenvalue weighted by molar-refractivity contribution is -0.820. The number of fused-ring (bicyclic) bond motifs is 2. The van der Waals surface area contributed by atoms with Gasteiger partial charge in [0.25, 0.3) is 0 Å². The average molecular weight is 436 g/mol. The van der Waals surface area contributed by atoms with Crippen molar-refractivity contribution in [2.45, 2.75) is 22.6 Å². The van der Waals surface area contributed by atoms with Crippen LogP contribution >= 0.6 is 11.8 Å². The minimum absolute atomic E-state index is 0. The van der Waals surface area contributed by atoms with E-state index in [0.717, 1.165) is 0 Å². The maximum atomic E-state index is 2.36. The van der Waals surface area contributed by atoms with Gasteiger partial charge in [-0.15, -0.1) is 0 Å². The van der Waals surface area contributed by atoms with Crippen LogP contribution in [0.4, 0.5) is 11.4 Å². The Balaban J connectivity index is 0.00000156. The first kappa shape index (κ1) is 16.9. The Kier molecular flexibility index (Phi) is 5.04. The summed E-state index contributed by atoms with van der Waals surface area (Å²) in [6.45, 7) is 0. The molecule has 4 heteroatoms. The van der Waals surface area contributed by atoms with Crippen molar-refractivity contribution < 1.29 is 28.9 Å². The lowest BCUT2D eigenvalue weighted by Crippen LogP contribution is -3.06. The largest absolute Gasteiger partial charge is 1.00 e. The molecule has 0 amide bonds. The first-order valence-corrected chi connectivity index (χ1v) is 8.71. The van der Waals surface area contributed by atoms with Crippen LogP contribution in [0.1, 0.15) is 17.9 Å². The van der Waals surface area contributed by atoms with Gasteiger partial charge in [0.15, 0.2) is 0 Å². The number of rotatable bonds is 2. The van der Waals surface area contributed by atoms with Gasteiger partial charge < -0.3 is 28.9 Å². The van der Waals surface area contributed by atoms with E-state index in [2.05, 4.69) is 79.8 Å². The molecule has 0 saturated heterocycles. The van der Waals surface area contributed by atoms with E-state index in [1.807, 2.05) is 11.8 Å². The molecular formula is C19H21IN2S. The van der Waals surface area contributed by atoms with Gasteiger partial charge in [0.05, 0.1) is 11.9 Å². The number of halogens is 1. The molecule has 0 fully saturated rings. The van der Waals surface area contributed by atoms with Gasteiger partial charge in [-0.2, -0.15) is 0 Å². The average Bonchev–Trinajstić information content (AvgIpc) is 2.87. The van der Waals surface area contributed by atoms with Crippen molar-refractivity contribution in [3.05, 3.63) is 66.4 Å². The highest BCUT2D eigenvalue weighted by Gasteiger charge is 2.35. The first-order chi connectivity index (χ1) is 10.7. The molecule has 2 aromatic carbocycles. The van der Waals surface area contributed by atoms with Gasteiger partial charge in [-0.3, -0.25) is 4.90 Å². The van der Waals surface area contributed by atoms with Crippen LogP contribution < -0.4 is 33.8 Å². The van der Waals surface area contributed by atoms with E-state index in [1.165, 1.54) is 33.2 Å². The van der Waals surface area contributed by atoms with Crippen LogP contribution in [-0.4, -0.2) is 19.5 Å². The van der Waals surface area contributed by atoms with Gasteiger partial charge in [0.2, 0.25) is 0 Å². The molecule has 2 aromatic rings. The molecular weight excluding hydrogens is 415 g/mol. The first-order valence-electron chi connectivity index (χ1n) is 7.83. The summed E-state index contributed by atoms with van der Waals surface area (Å²) in [4.78, 5) is 5.19. The van der Waals surface area contributed by atoms with Gasteiger partial charge in [-0.1, -0.05) is 48.2 Å². The van der Waals surface area contributed by atoms with E-state index in [1.54, 1.807) is 0 Å². The molecule has 0 saturated carbocycles. The molecule has 4 rings (SSSR count). The molecule has 2 unspecified atom stereocenters. The number of allylic oxidation sites excluding steroid dienone is 1. The van der Waals surface area contributed by atoms with Crippen molar-refractivity contribution >= 4 is 23.1 Å². The Hall–Kier alpha value is -0.980. The quantitative estimate of drug-likeness (QED) is 0.683. The van der Waals surface area contributed by atoms with Crippen LogP contribution in [0.15, 0.2) is 65.7 Å². The molecule has 120 valence electrons. The summed E-state index contributed by atoms with van der Waals surface area (Å²) in [5.74, 6) is 0.508. The second kappa shape index (κ2) is 6.87. The van der Waals surface area contributed by atoms with Gasteiger partial charge in [0, 0.05) is 37.3 Å². The fraction of sp³-hybridized carbons (Fsp3) is 0.263. The highest BCUT2D eigenvalue weighted by Crippen LogP contribution is 2.40. The predicted octanol–water partition coefficient (Wildman–Crippen LogP) is 0.406. The fourth-order valence-corrected chi connectivity index (χ4v) is 4.94. The number of nitrogens with zero attached hydrogens (tertiary/aromatic N) is 1. The van der Waals surface area contributed by atoms with Crippen molar-refractivity contribution in [2.24, 2.45) is 0 Å². The van der Waals surface area contributed by atoms with E-state index in [4.69, 9.17) is 0 Å². The number of hydrogen-bond donors (Lipinski definition) is 1. The molecule has 0 radical (unpaired) electrons. The van der Waals surface area contributed by atoms with E-state index in [9.17, 15) is 0 Å². The molecule has 2 nitrogen and oxygen atoms in total. The maximum absolute atomic E-state index is 2.36. The van der Waals surface area contributed by atoms with Gasteiger partial charge in [-0.05, 0) is 17.7 Å². The monoisotopic (exact) mass is 436 g/mol. The number of hydrogen-bond acceptors (Lipinski definition) is 2. The third kappa shape index (κ3) is 3.04. The zero-order valence-corrected chi connectivity index (χ0v) is 16.3. The molecule has 0 aliphatic carbocycles. The molecule has 0 spiro atoms. The second-order valence-corrected chi connectivity index (χ2v) is 7.38. The third-order valence-electron chi connectivity index (χ3n) is 4.79. The van der Waals surface area contributed by atoms with Crippen molar-refractivity contribution in [1.82, 2.24) is 0 Å². The topological polar surface area (TPSA) is 7.68 Å². The molecule has 2 heterocycles. The fourth-order valence-electron chi connectivity index (χ4n) is 3.51. The zero-order chi connectivity index (χ0) is 15.1. The van der Waals surface area contributed by atoms with Crippen LogP contribution in [0.25, 0.3) is 0 Å². The number of benzene rings is 2. The summed E-state index contributed by atoms with van der Waals surface area (Å²) < 4.78 is 0. The summed E-state index contributed by atoms with van der Waals surface area (Å²) >= 11 is 2.03. The smallest absolute Gasteiger partial charge is 0.145 e. The molecule has 2 aliphatic heterocycles. The predicted molar refractivity (Wildman–Crippen MR) is 94.0 cm³/mol. The van der Waals surface area contributed by atoms with Crippen molar-refractivity contribution in [3.63, 3.8) is 0 Å². The number of para-hydroxylation sites is 2.